The van der Waals surface area contributed by atoms with E-state index in [2.05, 4.69) is 9.97 Å². The van der Waals surface area contributed by atoms with E-state index in [1.807, 2.05) is 13.0 Å². The summed E-state index contributed by atoms with van der Waals surface area (Å²) < 4.78 is 4.96. The van der Waals surface area contributed by atoms with Crippen molar-refractivity contribution < 1.29 is 9.53 Å². The number of aromatic amines is 1. The second-order valence-electron chi connectivity index (χ2n) is 6.43. The Kier molecular flexibility index (Phi) is 6.75. The van der Waals surface area contributed by atoms with Gasteiger partial charge in [0.25, 0.3) is 5.56 Å². The van der Waals surface area contributed by atoms with Crippen LogP contribution < -0.4 is 5.56 Å². The molecular weight excluding hydrogens is 419 g/mol. The zero-order valence-electron chi connectivity index (χ0n) is 15.6. The molecule has 1 aromatic carbocycles. The molecule has 0 unspecified atom stereocenters. The van der Waals surface area contributed by atoms with E-state index < -0.39 is 0 Å². The summed E-state index contributed by atoms with van der Waals surface area (Å²) in [6.45, 7) is 4.11. The fourth-order valence-electron chi connectivity index (χ4n) is 3.03. The lowest BCUT2D eigenvalue weighted by atomic mass is 10.1. The third-order valence-corrected chi connectivity index (χ3v) is 6.38. The molecule has 0 fully saturated rings. The van der Waals surface area contributed by atoms with Gasteiger partial charge in [-0.2, -0.15) is 0 Å². The van der Waals surface area contributed by atoms with Crippen molar-refractivity contribution in [1.82, 2.24) is 9.97 Å². The molecule has 2 aromatic heterocycles. The van der Waals surface area contributed by atoms with Crippen LogP contribution in [0.15, 0.2) is 23.0 Å². The summed E-state index contributed by atoms with van der Waals surface area (Å²) in [6.07, 6.45) is 2.22. The zero-order valence-corrected chi connectivity index (χ0v) is 17.9. The lowest BCUT2D eigenvalue weighted by Gasteiger charge is -2.03. The van der Waals surface area contributed by atoms with Crippen molar-refractivity contribution in [3.05, 3.63) is 60.4 Å². The Hall–Kier alpha value is -1.89. The van der Waals surface area contributed by atoms with Crippen molar-refractivity contribution in [1.29, 1.82) is 0 Å². The SMILES string of the molecule is CCOC(=O)CCCc1sc2nc(Cc3ccc(Cl)c(Cl)c3)[nH]c(=O)c2c1C. The molecule has 2 heterocycles. The van der Waals surface area contributed by atoms with E-state index in [0.717, 1.165) is 16.0 Å². The minimum absolute atomic E-state index is 0.148. The summed E-state index contributed by atoms with van der Waals surface area (Å²) in [5, 5.41) is 1.58. The van der Waals surface area contributed by atoms with Crippen molar-refractivity contribution in [2.45, 2.75) is 39.5 Å². The minimum atomic E-state index is -0.193. The van der Waals surface area contributed by atoms with Gasteiger partial charge in [-0.15, -0.1) is 11.3 Å². The number of hydrogen-bond donors (Lipinski definition) is 1. The molecule has 0 amide bonds. The summed E-state index contributed by atoms with van der Waals surface area (Å²) >= 11 is 13.5. The van der Waals surface area contributed by atoms with Crippen molar-refractivity contribution >= 4 is 50.7 Å². The standard InChI is InChI=1S/C20H20Cl2N2O3S/c1-3-27-17(25)6-4-5-15-11(2)18-19(26)23-16(24-20(18)28-15)10-12-7-8-13(21)14(22)9-12/h7-9H,3-6,10H2,1-2H3,(H,23,24,26). The molecule has 28 heavy (non-hydrogen) atoms. The second kappa shape index (κ2) is 9.07. The lowest BCUT2D eigenvalue weighted by molar-refractivity contribution is -0.143. The van der Waals surface area contributed by atoms with E-state index in [0.29, 0.717) is 58.4 Å². The maximum absolute atomic E-state index is 12.6. The van der Waals surface area contributed by atoms with Crippen molar-refractivity contribution in [2.75, 3.05) is 6.61 Å². The van der Waals surface area contributed by atoms with Gasteiger partial charge in [-0.05, 0) is 49.9 Å². The molecule has 0 aliphatic rings. The number of nitrogens with one attached hydrogen (secondary N) is 1. The average molecular weight is 439 g/mol. The molecule has 0 atom stereocenters. The molecule has 0 aliphatic carbocycles. The van der Waals surface area contributed by atoms with Gasteiger partial charge in [-0.25, -0.2) is 4.98 Å². The zero-order chi connectivity index (χ0) is 20.3. The van der Waals surface area contributed by atoms with Crippen LogP contribution in [0.5, 0.6) is 0 Å². The van der Waals surface area contributed by atoms with Crippen LogP contribution in [0.4, 0.5) is 0 Å². The Balaban J connectivity index is 1.81. The van der Waals surface area contributed by atoms with Gasteiger partial charge in [0.15, 0.2) is 0 Å². The Labute approximate surface area is 176 Å². The number of carbonyl (C=O) groups excluding carboxylic acids is 1. The molecular formula is C20H20Cl2N2O3S. The van der Waals surface area contributed by atoms with Gasteiger partial charge in [-0.1, -0.05) is 29.3 Å². The number of benzene rings is 1. The number of aromatic nitrogens is 2. The normalized spacial score (nSPS) is 11.1. The molecule has 0 spiro atoms. The molecule has 0 bridgehead atoms. The number of carbonyl (C=O) groups is 1. The topological polar surface area (TPSA) is 72.0 Å². The van der Waals surface area contributed by atoms with E-state index in [-0.39, 0.29) is 11.5 Å². The van der Waals surface area contributed by atoms with Crippen LogP contribution in [0.1, 0.15) is 41.6 Å². The molecule has 148 valence electrons. The van der Waals surface area contributed by atoms with Crippen LogP contribution in [0.2, 0.25) is 10.0 Å². The van der Waals surface area contributed by atoms with Gasteiger partial charge in [-0.3, -0.25) is 9.59 Å². The molecule has 3 rings (SSSR count). The molecule has 0 radical (unpaired) electrons. The van der Waals surface area contributed by atoms with E-state index in [1.165, 1.54) is 11.3 Å². The number of halogens is 2. The molecule has 0 saturated heterocycles. The first kappa shape index (κ1) is 20.8. The summed E-state index contributed by atoms with van der Waals surface area (Å²) in [5.74, 6) is 0.386. The lowest BCUT2D eigenvalue weighted by Crippen LogP contribution is -2.12. The van der Waals surface area contributed by atoms with Gasteiger partial charge < -0.3 is 9.72 Å². The van der Waals surface area contributed by atoms with Crippen LogP contribution in [0.3, 0.4) is 0 Å². The van der Waals surface area contributed by atoms with Gasteiger partial charge >= 0.3 is 5.97 Å². The maximum Gasteiger partial charge on any atom is 0.305 e. The molecule has 0 aliphatic heterocycles. The largest absolute Gasteiger partial charge is 0.466 e. The van der Waals surface area contributed by atoms with E-state index >= 15 is 0 Å². The van der Waals surface area contributed by atoms with Crippen molar-refractivity contribution in [3.63, 3.8) is 0 Å². The number of ether oxygens (including phenoxy) is 1. The van der Waals surface area contributed by atoms with Crippen LogP contribution in [0.25, 0.3) is 10.2 Å². The quantitative estimate of drug-likeness (QED) is 0.522. The highest BCUT2D eigenvalue weighted by molar-refractivity contribution is 7.18. The van der Waals surface area contributed by atoms with Crippen LogP contribution in [-0.2, 0) is 22.4 Å². The Bertz CT molecular complexity index is 1080. The number of esters is 1. The molecule has 3 aromatic rings. The monoisotopic (exact) mass is 438 g/mol. The maximum atomic E-state index is 12.6. The van der Waals surface area contributed by atoms with Gasteiger partial charge in [0, 0.05) is 17.7 Å². The Morgan fingerprint density at radius 1 is 1.29 bits per heavy atom. The third-order valence-electron chi connectivity index (χ3n) is 4.39. The number of aryl methyl sites for hydroxylation is 2. The summed E-state index contributed by atoms with van der Waals surface area (Å²) in [7, 11) is 0. The fraction of sp³-hybridized carbons (Fsp3) is 0.350. The first-order chi connectivity index (χ1) is 13.4. The number of hydrogen-bond acceptors (Lipinski definition) is 5. The van der Waals surface area contributed by atoms with E-state index in [4.69, 9.17) is 27.9 Å². The number of nitrogens with zero attached hydrogens (tertiary/aromatic N) is 1. The molecule has 1 N–H and O–H groups in total. The van der Waals surface area contributed by atoms with Gasteiger partial charge in [0.2, 0.25) is 0 Å². The Morgan fingerprint density at radius 2 is 2.07 bits per heavy atom. The summed E-state index contributed by atoms with van der Waals surface area (Å²) in [5.41, 5.74) is 1.70. The second-order valence-corrected chi connectivity index (χ2v) is 8.32. The van der Waals surface area contributed by atoms with Gasteiger partial charge in [0.05, 0.1) is 22.0 Å². The number of fused-ring (bicyclic) bond motifs is 1. The first-order valence-corrected chi connectivity index (χ1v) is 10.6. The summed E-state index contributed by atoms with van der Waals surface area (Å²) in [6, 6.07) is 5.36. The molecule has 5 nitrogen and oxygen atoms in total. The Morgan fingerprint density at radius 3 is 2.79 bits per heavy atom. The van der Waals surface area contributed by atoms with Crippen molar-refractivity contribution in [3.8, 4) is 0 Å². The molecule has 8 heteroatoms. The predicted molar refractivity (Wildman–Crippen MR) is 114 cm³/mol. The van der Waals surface area contributed by atoms with Gasteiger partial charge in [0.1, 0.15) is 10.7 Å². The highest BCUT2D eigenvalue weighted by Crippen LogP contribution is 2.29. The van der Waals surface area contributed by atoms with E-state index in [1.54, 1.807) is 19.1 Å². The van der Waals surface area contributed by atoms with Crippen LogP contribution in [0, 0.1) is 6.92 Å². The van der Waals surface area contributed by atoms with Crippen LogP contribution in [-0.4, -0.2) is 22.5 Å². The predicted octanol–water partition coefficient (Wildman–Crippen LogP) is 5.08. The van der Waals surface area contributed by atoms with Crippen molar-refractivity contribution in [2.24, 2.45) is 0 Å². The highest BCUT2D eigenvalue weighted by Gasteiger charge is 2.15. The fourth-order valence-corrected chi connectivity index (χ4v) is 4.59. The summed E-state index contributed by atoms with van der Waals surface area (Å²) in [4.78, 5) is 33.4. The smallest absolute Gasteiger partial charge is 0.305 e. The van der Waals surface area contributed by atoms with Crippen LogP contribution >= 0.6 is 34.5 Å². The number of thiophene rings is 1. The number of rotatable bonds is 7. The minimum Gasteiger partial charge on any atom is -0.466 e. The third kappa shape index (κ3) is 4.74. The average Bonchev–Trinajstić information content (AvgIpc) is 2.94. The molecule has 0 saturated carbocycles. The van der Waals surface area contributed by atoms with E-state index in [9.17, 15) is 9.59 Å². The highest BCUT2D eigenvalue weighted by atomic mass is 35.5. The first-order valence-electron chi connectivity index (χ1n) is 8.99. The number of H-pyrrole nitrogens is 1.